The van der Waals surface area contributed by atoms with Gasteiger partial charge in [-0.05, 0) is 45.4 Å². The normalized spacial score (nSPS) is 11.4. The molecular weight excluding hydrogens is 374 g/mol. The van der Waals surface area contributed by atoms with Gasteiger partial charge in [0.15, 0.2) is 11.5 Å². The van der Waals surface area contributed by atoms with Crippen LogP contribution in [0.4, 0.5) is 17.5 Å². The van der Waals surface area contributed by atoms with Gasteiger partial charge in [-0.25, -0.2) is 0 Å². The molecule has 0 fully saturated rings. The van der Waals surface area contributed by atoms with E-state index in [9.17, 15) is 9.59 Å². The maximum atomic E-state index is 11.7. The fourth-order valence-electron chi connectivity index (χ4n) is 2.68. The summed E-state index contributed by atoms with van der Waals surface area (Å²) in [5, 5.41) is 18.8. The largest absolute Gasteiger partial charge is 0.368 e. The molecule has 0 aliphatic heterocycles. The summed E-state index contributed by atoms with van der Waals surface area (Å²) in [5.41, 5.74) is 12.7. The Morgan fingerprint density at radius 1 is 1.17 bits per heavy atom. The Balaban J connectivity index is 1.99. The smallest absolute Gasteiger partial charge is 0.273 e. The van der Waals surface area contributed by atoms with E-state index in [-0.39, 0.29) is 29.5 Å². The van der Waals surface area contributed by atoms with Crippen molar-refractivity contribution in [3.05, 3.63) is 29.6 Å². The van der Waals surface area contributed by atoms with E-state index in [0.717, 1.165) is 16.5 Å². The second kappa shape index (κ2) is 7.34. The Bertz CT molecular complexity index is 1100. The molecule has 0 bridgehead atoms. The molecule has 2 aromatic heterocycles. The van der Waals surface area contributed by atoms with Gasteiger partial charge in [-0.15, -0.1) is 10.2 Å². The molecule has 3 rings (SSSR count). The molecule has 29 heavy (non-hydrogen) atoms. The maximum absolute atomic E-state index is 11.7. The van der Waals surface area contributed by atoms with Crippen molar-refractivity contribution >= 4 is 40.2 Å². The van der Waals surface area contributed by atoms with E-state index in [1.165, 1.54) is 0 Å². The molecule has 0 saturated heterocycles. The van der Waals surface area contributed by atoms with Gasteiger partial charge < -0.3 is 22.1 Å². The quantitative estimate of drug-likeness (QED) is 0.478. The molecule has 0 aliphatic rings. The topological polar surface area (TPSA) is 167 Å². The minimum Gasteiger partial charge on any atom is -0.368 e. The third kappa shape index (κ3) is 4.39. The predicted octanol–water partition coefficient (Wildman–Crippen LogP) is 1.02. The molecule has 2 heterocycles. The average Bonchev–Trinajstić information content (AvgIpc) is 3.05. The Morgan fingerprint density at radius 3 is 2.52 bits per heavy atom. The number of hydrogen-bond acceptors (Lipinski definition) is 8. The molecule has 2 amide bonds. The van der Waals surface area contributed by atoms with Crippen LogP contribution >= 0.6 is 0 Å². The third-order valence-electron chi connectivity index (χ3n) is 4.09. The van der Waals surface area contributed by atoms with E-state index in [0.29, 0.717) is 5.69 Å². The Labute approximate surface area is 166 Å². The molecule has 11 nitrogen and oxygen atoms in total. The number of nitrogens with zero attached hydrogens (tertiary/aromatic N) is 5. The lowest BCUT2D eigenvalue weighted by Crippen LogP contribution is -2.24. The van der Waals surface area contributed by atoms with Crippen LogP contribution in [-0.4, -0.2) is 43.3 Å². The molecule has 1 aromatic carbocycles. The predicted molar refractivity (Wildman–Crippen MR) is 109 cm³/mol. The number of amides is 2. The van der Waals surface area contributed by atoms with Crippen LogP contribution in [0.1, 0.15) is 36.8 Å². The van der Waals surface area contributed by atoms with Crippen LogP contribution in [0.3, 0.4) is 0 Å². The van der Waals surface area contributed by atoms with Crippen LogP contribution in [0, 0.1) is 6.92 Å². The first-order valence-electron chi connectivity index (χ1n) is 8.89. The summed E-state index contributed by atoms with van der Waals surface area (Å²) < 4.78 is 1.90. The van der Waals surface area contributed by atoms with Gasteiger partial charge in [-0.1, -0.05) is 0 Å². The summed E-state index contributed by atoms with van der Waals surface area (Å²) in [6.07, 6.45) is 1.96. The first kappa shape index (κ1) is 20.0. The summed E-state index contributed by atoms with van der Waals surface area (Å²) in [6, 6.07) is 3.77. The average molecular weight is 397 g/mol. The number of rotatable bonds is 6. The maximum Gasteiger partial charge on any atom is 0.273 e. The van der Waals surface area contributed by atoms with E-state index in [1.807, 2.05) is 29.9 Å². The number of anilines is 3. The van der Waals surface area contributed by atoms with Crippen molar-refractivity contribution < 1.29 is 9.59 Å². The van der Waals surface area contributed by atoms with Gasteiger partial charge in [0.1, 0.15) is 0 Å². The van der Waals surface area contributed by atoms with E-state index in [4.69, 9.17) is 11.5 Å². The molecule has 0 spiro atoms. The highest BCUT2D eigenvalue weighted by Gasteiger charge is 2.18. The van der Waals surface area contributed by atoms with Crippen molar-refractivity contribution in [2.75, 3.05) is 17.2 Å². The van der Waals surface area contributed by atoms with Crippen molar-refractivity contribution in [1.82, 2.24) is 25.0 Å². The summed E-state index contributed by atoms with van der Waals surface area (Å²) in [7, 11) is 0. The summed E-state index contributed by atoms with van der Waals surface area (Å²) in [4.78, 5) is 26.8. The number of carbonyl (C=O) groups excluding carboxylic acids is 2. The lowest BCUT2D eigenvalue weighted by molar-refractivity contribution is -0.116. The van der Waals surface area contributed by atoms with Gasteiger partial charge in [-0.3, -0.25) is 14.3 Å². The molecule has 3 aromatic rings. The zero-order valence-corrected chi connectivity index (χ0v) is 16.6. The molecule has 152 valence electrons. The van der Waals surface area contributed by atoms with Crippen molar-refractivity contribution in [2.24, 2.45) is 11.5 Å². The summed E-state index contributed by atoms with van der Waals surface area (Å²) >= 11 is 0. The Morgan fingerprint density at radius 2 is 1.90 bits per heavy atom. The standard InChI is InChI=1S/C18H23N9O2/c1-9-5-11(6-10-8-27(18(2,3)4)26-13(9)10)22-16-14(15(20)29)24-25-17(23-16)21-7-12(19)28/h5-6,8H,7H2,1-4H3,(H2,19,28)(H2,20,29)(H2,21,22,23,25). The zero-order valence-electron chi connectivity index (χ0n) is 16.6. The molecule has 6 N–H and O–H groups in total. The highest BCUT2D eigenvalue weighted by atomic mass is 16.1. The van der Waals surface area contributed by atoms with Gasteiger partial charge in [0, 0.05) is 17.3 Å². The van der Waals surface area contributed by atoms with Crippen LogP contribution in [-0.2, 0) is 10.3 Å². The van der Waals surface area contributed by atoms with E-state index in [1.54, 1.807) is 0 Å². The number of carbonyl (C=O) groups is 2. The van der Waals surface area contributed by atoms with E-state index < -0.39 is 11.8 Å². The summed E-state index contributed by atoms with van der Waals surface area (Å²) in [5.74, 6) is -1.22. The number of primary amides is 2. The lowest BCUT2D eigenvalue weighted by Gasteiger charge is -2.18. The number of benzene rings is 1. The Kier molecular flexibility index (Phi) is 5.06. The molecular formula is C18H23N9O2. The second-order valence-corrected chi connectivity index (χ2v) is 7.62. The van der Waals surface area contributed by atoms with Gasteiger partial charge in [-0.2, -0.15) is 10.1 Å². The van der Waals surface area contributed by atoms with Crippen LogP contribution in [0.5, 0.6) is 0 Å². The minimum atomic E-state index is -0.785. The van der Waals surface area contributed by atoms with Crippen LogP contribution in [0.15, 0.2) is 18.3 Å². The molecule has 0 saturated carbocycles. The zero-order chi connectivity index (χ0) is 21.3. The van der Waals surface area contributed by atoms with Crippen molar-refractivity contribution in [3.63, 3.8) is 0 Å². The van der Waals surface area contributed by atoms with Crippen LogP contribution in [0.2, 0.25) is 0 Å². The number of nitrogens with two attached hydrogens (primary N) is 2. The molecule has 0 unspecified atom stereocenters. The van der Waals surface area contributed by atoms with Crippen LogP contribution < -0.4 is 22.1 Å². The third-order valence-corrected chi connectivity index (χ3v) is 4.09. The fourth-order valence-corrected chi connectivity index (χ4v) is 2.68. The SMILES string of the molecule is Cc1cc(Nc2nc(NCC(N)=O)nnc2C(N)=O)cc2cn(C(C)(C)C)nc12. The number of aromatic nitrogens is 5. The monoisotopic (exact) mass is 397 g/mol. The van der Waals surface area contributed by atoms with E-state index >= 15 is 0 Å². The first-order chi connectivity index (χ1) is 13.5. The number of hydrogen-bond donors (Lipinski definition) is 4. The molecule has 0 aliphatic carbocycles. The fraction of sp³-hybridized carbons (Fsp3) is 0.333. The second-order valence-electron chi connectivity index (χ2n) is 7.62. The number of nitrogens with one attached hydrogen (secondary N) is 2. The highest BCUT2D eigenvalue weighted by Crippen LogP contribution is 2.27. The van der Waals surface area contributed by atoms with Gasteiger partial charge in [0.2, 0.25) is 11.9 Å². The number of aryl methyl sites for hydroxylation is 1. The molecule has 11 heteroatoms. The summed E-state index contributed by atoms with van der Waals surface area (Å²) in [6.45, 7) is 7.98. The Hall–Kier alpha value is -3.76. The van der Waals surface area contributed by atoms with Gasteiger partial charge in [0.25, 0.3) is 5.91 Å². The number of fused-ring (bicyclic) bond motifs is 1. The minimum absolute atomic E-state index is 0.0367. The van der Waals surface area contributed by atoms with Crippen LogP contribution in [0.25, 0.3) is 10.9 Å². The molecule has 0 radical (unpaired) electrons. The van der Waals surface area contributed by atoms with Crippen molar-refractivity contribution in [2.45, 2.75) is 33.2 Å². The lowest BCUT2D eigenvalue weighted by atomic mass is 10.1. The van der Waals surface area contributed by atoms with E-state index in [2.05, 4.69) is 51.7 Å². The first-order valence-corrected chi connectivity index (χ1v) is 8.89. The molecule has 0 atom stereocenters. The van der Waals surface area contributed by atoms with Gasteiger partial charge >= 0.3 is 0 Å². The van der Waals surface area contributed by atoms with Crippen molar-refractivity contribution in [3.8, 4) is 0 Å². The van der Waals surface area contributed by atoms with Crippen molar-refractivity contribution in [1.29, 1.82) is 0 Å². The highest BCUT2D eigenvalue weighted by molar-refractivity contribution is 5.96. The van der Waals surface area contributed by atoms with Gasteiger partial charge in [0.05, 0.1) is 17.6 Å².